The first-order chi connectivity index (χ1) is 16.1. The van der Waals surface area contributed by atoms with E-state index in [2.05, 4.69) is 15.1 Å². The Morgan fingerprint density at radius 3 is 2.47 bits per heavy atom. The molecule has 0 unspecified atom stereocenters. The Morgan fingerprint density at radius 2 is 1.85 bits per heavy atom. The molecule has 0 radical (unpaired) electrons. The predicted molar refractivity (Wildman–Crippen MR) is 127 cm³/mol. The highest BCUT2D eigenvalue weighted by atomic mass is 35.5. The Morgan fingerprint density at radius 1 is 1.15 bits per heavy atom. The number of benzene rings is 1. The molecular weight excluding hydrogens is 458 g/mol. The van der Waals surface area contributed by atoms with Gasteiger partial charge in [0.25, 0.3) is 5.89 Å². The number of nitrogens with zero attached hydrogens (tertiary/aromatic N) is 3. The maximum Gasteiger partial charge on any atom is 0.309 e. The van der Waals surface area contributed by atoms with Gasteiger partial charge < -0.3 is 18.7 Å². The van der Waals surface area contributed by atoms with Gasteiger partial charge in [0.1, 0.15) is 22.5 Å². The van der Waals surface area contributed by atoms with Crippen LogP contribution in [0.1, 0.15) is 47.5 Å². The predicted octanol–water partition coefficient (Wildman–Crippen LogP) is 5.74. The monoisotopic (exact) mass is 485 g/mol. The Kier molecular flexibility index (Phi) is 6.79. The second-order valence-electron chi connectivity index (χ2n) is 9.57. The molecule has 0 aliphatic heterocycles. The molecule has 0 saturated heterocycles. The van der Waals surface area contributed by atoms with Gasteiger partial charge in [-0.25, -0.2) is 4.98 Å². The molecule has 1 aromatic carbocycles. The third kappa shape index (κ3) is 5.86. The maximum absolute atomic E-state index is 12.1. The molecule has 1 aliphatic rings. The molecular formula is C25H28ClN3O5. The number of carbonyl (C=O) groups excluding carboxylic acids is 1. The number of ether oxygens (including phenoxy) is 3. The van der Waals surface area contributed by atoms with E-state index in [0.717, 1.165) is 11.3 Å². The van der Waals surface area contributed by atoms with Crippen molar-refractivity contribution in [1.82, 2.24) is 15.1 Å². The largest absolute Gasteiger partial charge is 0.490 e. The molecule has 0 spiro atoms. The fraction of sp³-hybridized carbons (Fsp3) is 0.440. The number of hydrogen-bond donors (Lipinski definition) is 0. The lowest BCUT2D eigenvalue weighted by Crippen LogP contribution is -2.41. The van der Waals surface area contributed by atoms with Crippen molar-refractivity contribution in [3.05, 3.63) is 41.6 Å². The summed E-state index contributed by atoms with van der Waals surface area (Å²) < 4.78 is 22.4. The zero-order valence-electron chi connectivity index (χ0n) is 19.9. The van der Waals surface area contributed by atoms with Crippen LogP contribution in [0.25, 0.3) is 22.8 Å². The molecule has 0 bridgehead atoms. The molecule has 8 nitrogen and oxygen atoms in total. The summed E-state index contributed by atoms with van der Waals surface area (Å²) in [5.74, 6) is 1.57. The van der Waals surface area contributed by atoms with Crippen molar-refractivity contribution >= 4 is 17.6 Å². The second kappa shape index (κ2) is 9.62. The molecule has 0 N–H and O–H groups in total. The molecule has 1 fully saturated rings. The molecule has 180 valence electrons. The van der Waals surface area contributed by atoms with Gasteiger partial charge in [0.15, 0.2) is 0 Å². The lowest BCUT2D eigenvalue weighted by atomic mass is 9.82. The van der Waals surface area contributed by atoms with E-state index < -0.39 is 5.60 Å². The van der Waals surface area contributed by atoms with Gasteiger partial charge in [-0.15, -0.1) is 0 Å². The van der Waals surface area contributed by atoms with E-state index in [9.17, 15) is 4.79 Å². The first kappa shape index (κ1) is 24.0. The standard InChI is InChI=1S/C25H28ClN3O5/c1-14(2)31-23-20(26)12-17(13-27-23)22-28-21(29-34-22)15-6-8-18(9-7-15)32-19-10-16(11-19)24(30)33-25(3,4)5/h6-9,12-14,16,19H,10-11H2,1-5H3/t16-,19-. The first-order valence-electron chi connectivity index (χ1n) is 11.2. The highest BCUT2D eigenvalue weighted by Crippen LogP contribution is 2.34. The van der Waals surface area contributed by atoms with Crippen molar-refractivity contribution in [2.45, 2.75) is 65.3 Å². The normalized spacial score (nSPS) is 17.9. The molecule has 0 amide bonds. The SMILES string of the molecule is CC(C)Oc1ncc(-c2nc(-c3ccc(O[C@H]4C[C@H](C(=O)OC(C)(C)C)C4)cc3)no2)cc1Cl. The minimum atomic E-state index is -0.470. The maximum atomic E-state index is 12.1. The van der Waals surface area contributed by atoms with E-state index in [1.807, 2.05) is 58.9 Å². The third-order valence-electron chi connectivity index (χ3n) is 5.08. The van der Waals surface area contributed by atoms with Gasteiger partial charge in [0, 0.05) is 11.8 Å². The smallest absolute Gasteiger partial charge is 0.309 e. The van der Waals surface area contributed by atoms with Crippen molar-refractivity contribution in [1.29, 1.82) is 0 Å². The van der Waals surface area contributed by atoms with Crippen LogP contribution < -0.4 is 9.47 Å². The minimum absolute atomic E-state index is 0.0000387. The third-order valence-corrected chi connectivity index (χ3v) is 5.35. The quantitative estimate of drug-likeness (QED) is 0.391. The molecule has 0 atom stereocenters. The lowest BCUT2D eigenvalue weighted by Gasteiger charge is -2.35. The van der Waals surface area contributed by atoms with Gasteiger partial charge in [0.05, 0.1) is 17.6 Å². The van der Waals surface area contributed by atoms with Crippen molar-refractivity contribution < 1.29 is 23.5 Å². The van der Waals surface area contributed by atoms with Crippen LogP contribution in [-0.2, 0) is 9.53 Å². The highest BCUT2D eigenvalue weighted by molar-refractivity contribution is 6.32. The molecule has 4 rings (SSSR count). The van der Waals surface area contributed by atoms with Crippen molar-refractivity contribution in [3.63, 3.8) is 0 Å². The number of pyridine rings is 1. The molecule has 1 saturated carbocycles. The molecule has 2 heterocycles. The van der Waals surface area contributed by atoms with Crippen molar-refractivity contribution in [2.75, 3.05) is 0 Å². The van der Waals surface area contributed by atoms with Crippen LogP contribution in [0.15, 0.2) is 41.1 Å². The summed E-state index contributed by atoms with van der Waals surface area (Å²) in [6.45, 7) is 9.42. The zero-order chi connectivity index (χ0) is 24.5. The molecule has 34 heavy (non-hydrogen) atoms. The van der Waals surface area contributed by atoms with E-state index >= 15 is 0 Å². The van der Waals surface area contributed by atoms with Crippen LogP contribution >= 0.6 is 11.6 Å². The fourth-order valence-corrected chi connectivity index (χ4v) is 3.64. The van der Waals surface area contributed by atoms with Crippen LogP contribution in [-0.4, -0.2) is 38.9 Å². The van der Waals surface area contributed by atoms with Crippen molar-refractivity contribution in [2.24, 2.45) is 5.92 Å². The summed E-state index contributed by atoms with van der Waals surface area (Å²) >= 11 is 6.26. The van der Waals surface area contributed by atoms with E-state index in [0.29, 0.717) is 41.0 Å². The number of halogens is 1. The topological polar surface area (TPSA) is 96.6 Å². The van der Waals surface area contributed by atoms with Crippen LogP contribution in [0.4, 0.5) is 0 Å². The molecule has 3 aromatic rings. The number of rotatable bonds is 7. The van der Waals surface area contributed by atoms with Crippen LogP contribution in [0.5, 0.6) is 11.6 Å². The van der Waals surface area contributed by atoms with E-state index in [1.54, 1.807) is 12.3 Å². The van der Waals surface area contributed by atoms with Gasteiger partial charge >= 0.3 is 5.97 Å². The summed E-state index contributed by atoms with van der Waals surface area (Å²) in [5.41, 5.74) is 0.910. The Labute approximate surface area is 203 Å². The minimum Gasteiger partial charge on any atom is -0.490 e. The second-order valence-corrected chi connectivity index (χ2v) is 9.97. The lowest BCUT2D eigenvalue weighted by molar-refractivity contribution is -0.166. The van der Waals surface area contributed by atoms with E-state index in [4.69, 9.17) is 30.3 Å². The summed E-state index contributed by atoms with van der Waals surface area (Å²) in [6.07, 6.45) is 2.86. The number of carbonyl (C=O) groups is 1. The number of aromatic nitrogens is 3. The van der Waals surface area contributed by atoms with Crippen molar-refractivity contribution in [3.8, 4) is 34.5 Å². The molecule has 2 aromatic heterocycles. The van der Waals surface area contributed by atoms with Gasteiger partial charge in [-0.1, -0.05) is 16.8 Å². The van der Waals surface area contributed by atoms with E-state index in [-0.39, 0.29) is 24.1 Å². The van der Waals surface area contributed by atoms with Crippen LogP contribution in [0, 0.1) is 5.92 Å². The first-order valence-corrected chi connectivity index (χ1v) is 11.6. The summed E-state index contributed by atoms with van der Waals surface area (Å²) in [7, 11) is 0. The zero-order valence-corrected chi connectivity index (χ0v) is 20.6. The van der Waals surface area contributed by atoms with Gasteiger partial charge in [-0.3, -0.25) is 4.79 Å². The molecule has 1 aliphatic carbocycles. The van der Waals surface area contributed by atoms with Gasteiger partial charge in [-0.05, 0) is 77.8 Å². The van der Waals surface area contributed by atoms with Crippen LogP contribution in [0.3, 0.4) is 0 Å². The van der Waals surface area contributed by atoms with Crippen LogP contribution in [0.2, 0.25) is 5.02 Å². The van der Waals surface area contributed by atoms with E-state index in [1.165, 1.54) is 0 Å². The average molecular weight is 486 g/mol. The van der Waals surface area contributed by atoms with Gasteiger partial charge in [-0.2, -0.15) is 4.98 Å². The van der Waals surface area contributed by atoms with Gasteiger partial charge in [0.2, 0.25) is 11.7 Å². The summed E-state index contributed by atoms with van der Waals surface area (Å²) in [6, 6.07) is 9.10. The Hall–Kier alpha value is -3.13. The Bertz CT molecular complexity index is 1150. The summed E-state index contributed by atoms with van der Waals surface area (Å²) in [5, 5.41) is 4.43. The highest BCUT2D eigenvalue weighted by Gasteiger charge is 2.38. The summed E-state index contributed by atoms with van der Waals surface area (Å²) in [4.78, 5) is 20.8. The fourth-order valence-electron chi connectivity index (χ4n) is 3.42. The number of hydrogen-bond acceptors (Lipinski definition) is 8. The number of esters is 1. The Balaban J connectivity index is 1.35. The average Bonchev–Trinajstić information content (AvgIpc) is 3.21. The molecule has 9 heteroatoms.